The van der Waals surface area contributed by atoms with E-state index in [1.807, 2.05) is 84.1 Å². The molecule has 8 rings (SSSR count). The molecule has 0 atom stereocenters. The van der Waals surface area contributed by atoms with Gasteiger partial charge in [-0.1, -0.05) is 158 Å². The largest absolute Gasteiger partial charge is 0.427 e. The summed E-state index contributed by atoms with van der Waals surface area (Å²) >= 11 is 3.33. The maximum atomic E-state index is 4.98. The fourth-order valence-corrected chi connectivity index (χ4v) is 6.13. The molecule has 0 fully saturated rings. The molecule has 0 aliphatic carbocycles. The first-order valence-corrected chi connectivity index (χ1v) is 25.7. The maximum Gasteiger partial charge on any atom is 0.221 e. The number of hydrogen-bond acceptors (Lipinski definition) is 15. The van der Waals surface area contributed by atoms with Crippen LogP contribution in [0.4, 0.5) is 0 Å². The third kappa shape index (κ3) is 28.3. The molecule has 20 heteroatoms. The van der Waals surface area contributed by atoms with Gasteiger partial charge in [0.1, 0.15) is 22.7 Å². The van der Waals surface area contributed by atoms with Gasteiger partial charge >= 0.3 is 0 Å². The first-order chi connectivity index (χ1) is 32.8. The van der Waals surface area contributed by atoms with Crippen LogP contribution in [-0.2, 0) is 43.4 Å². The van der Waals surface area contributed by atoms with Gasteiger partial charge in [-0.3, -0.25) is 5.10 Å². The molecule has 0 amide bonds. The first kappa shape index (κ1) is 67.2. The Morgan fingerprint density at radius 2 is 1.22 bits per heavy atom. The van der Waals surface area contributed by atoms with Crippen molar-refractivity contribution in [2.24, 2.45) is 0 Å². The fraction of sp³-hybridized carbons (Fsp3) is 0.623. The first-order valence-electron chi connectivity index (χ1n) is 24.0. The minimum absolute atomic E-state index is 0. The van der Waals surface area contributed by atoms with Crippen molar-refractivity contribution in [1.29, 1.82) is 0 Å². The highest BCUT2D eigenvalue weighted by Gasteiger charge is 2.20. The Labute approximate surface area is 446 Å². The van der Waals surface area contributed by atoms with Gasteiger partial charge in [0.25, 0.3) is 0 Å². The van der Waals surface area contributed by atoms with E-state index in [-0.39, 0.29) is 50.9 Å². The van der Waals surface area contributed by atoms with Crippen LogP contribution in [0.1, 0.15) is 213 Å². The molecular formula is C53H93N17OS2. The molecule has 0 bridgehead atoms. The quantitative estimate of drug-likeness (QED) is 0.111. The summed E-state index contributed by atoms with van der Waals surface area (Å²) in [7, 11) is 0. The minimum Gasteiger partial charge on any atom is -0.427 e. The summed E-state index contributed by atoms with van der Waals surface area (Å²) in [5, 5.41) is 39.5. The highest BCUT2D eigenvalue weighted by molar-refractivity contribution is 7.09. The van der Waals surface area contributed by atoms with Crippen LogP contribution in [0.15, 0.2) is 83.8 Å². The number of imidazole rings is 2. The van der Waals surface area contributed by atoms with Crippen molar-refractivity contribution in [3.8, 4) is 0 Å². The lowest BCUT2D eigenvalue weighted by Crippen LogP contribution is -2.19. The molecule has 18 nitrogen and oxygen atoms in total. The van der Waals surface area contributed by atoms with E-state index in [1.165, 1.54) is 29.1 Å². The molecular weight excluding hydrogens is 955 g/mol. The zero-order valence-corrected chi connectivity index (χ0v) is 49.7. The van der Waals surface area contributed by atoms with Crippen molar-refractivity contribution in [2.45, 2.75) is 217 Å². The van der Waals surface area contributed by atoms with E-state index in [0.717, 1.165) is 16.7 Å². The Bertz CT molecular complexity index is 1910. The third-order valence-corrected chi connectivity index (χ3v) is 11.5. The highest BCUT2D eigenvalue weighted by Crippen LogP contribution is 2.24. The zero-order chi connectivity index (χ0) is 55.2. The van der Waals surface area contributed by atoms with Crippen LogP contribution < -0.4 is 0 Å². The predicted molar refractivity (Wildman–Crippen MR) is 301 cm³/mol. The smallest absolute Gasteiger partial charge is 0.221 e. The molecule has 4 N–H and O–H groups in total. The van der Waals surface area contributed by atoms with Crippen LogP contribution in [0, 0.1) is 0 Å². The van der Waals surface area contributed by atoms with Crippen LogP contribution in [0.2, 0.25) is 0 Å². The van der Waals surface area contributed by atoms with E-state index in [9.17, 15) is 0 Å². The number of rotatable bonds is 0. The second-order valence-electron chi connectivity index (χ2n) is 24.8. The summed E-state index contributed by atoms with van der Waals surface area (Å²) in [6, 6.07) is 4.14. The molecule has 0 aliphatic rings. The monoisotopic (exact) mass is 1050 g/mol. The Balaban J connectivity index is 0.000000810. The molecule has 73 heavy (non-hydrogen) atoms. The Kier molecular flexibility index (Phi) is 26.9. The lowest BCUT2D eigenvalue weighted by Gasteiger charge is -2.19. The van der Waals surface area contributed by atoms with Crippen LogP contribution in [0.5, 0.6) is 0 Å². The van der Waals surface area contributed by atoms with Crippen molar-refractivity contribution < 1.29 is 4.42 Å². The molecule has 0 spiro atoms. The Morgan fingerprint density at radius 1 is 0.589 bits per heavy atom. The van der Waals surface area contributed by atoms with Crippen LogP contribution in [0.25, 0.3) is 0 Å². The summed E-state index contributed by atoms with van der Waals surface area (Å²) in [6.07, 6.45) is 15.9. The summed E-state index contributed by atoms with van der Waals surface area (Å²) < 4.78 is 7.05. The summed E-state index contributed by atoms with van der Waals surface area (Å²) in [5.41, 5.74) is 5.37. The molecule has 0 aromatic carbocycles. The van der Waals surface area contributed by atoms with Gasteiger partial charge in [-0.25, -0.2) is 19.9 Å². The number of hydrogen-bond donors (Lipinski definition) is 4. The number of aromatic nitrogens is 17. The molecule has 408 valence electrons. The highest BCUT2D eigenvalue weighted by atomic mass is 32.1. The van der Waals surface area contributed by atoms with E-state index >= 15 is 0 Å². The number of H-pyrrole nitrogens is 4. The van der Waals surface area contributed by atoms with Gasteiger partial charge in [0.2, 0.25) is 12.3 Å². The van der Waals surface area contributed by atoms with E-state index in [2.05, 4.69) is 216 Å². The predicted octanol–water partition coefficient (Wildman–Crippen LogP) is 13.5. The zero-order valence-electron chi connectivity index (χ0n) is 48.0. The van der Waals surface area contributed by atoms with Crippen molar-refractivity contribution >= 4 is 22.7 Å². The van der Waals surface area contributed by atoms with E-state index in [4.69, 9.17) is 4.42 Å². The SMILES string of the molecule is C.CC(C)(C)c1ccc[nH]1.CC(C)(C)c1cnc[nH]1.CC(C)(C)c1nccs1.CC(C)(C)c1ncn[nH]1.CC(C)(C)c1nn[nH]n1.CC(C)(C)c1nnco1.CC(C)(C)c1nncs1.CC(C)(C)n1ccnc1. The third-order valence-electron chi connectivity index (χ3n) is 9.21. The van der Waals surface area contributed by atoms with Crippen molar-refractivity contribution in [1.82, 2.24) is 85.7 Å². The minimum atomic E-state index is -0.0174. The molecule has 8 aromatic rings. The summed E-state index contributed by atoms with van der Waals surface area (Å²) in [5.74, 6) is 2.37. The molecule has 8 aromatic heterocycles. The maximum absolute atomic E-state index is 4.98. The lowest BCUT2D eigenvalue weighted by molar-refractivity contribution is 0.392. The van der Waals surface area contributed by atoms with E-state index in [0.29, 0.717) is 5.89 Å². The van der Waals surface area contributed by atoms with E-state index in [1.54, 1.807) is 40.7 Å². The van der Waals surface area contributed by atoms with Crippen molar-refractivity contribution in [3.05, 3.63) is 118 Å². The normalized spacial score (nSPS) is 11.7. The average Bonchev–Trinajstić information content (AvgIpc) is 4.13. The van der Waals surface area contributed by atoms with E-state index < -0.39 is 0 Å². The van der Waals surface area contributed by atoms with Crippen LogP contribution in [-0.4, -0.2) is 85.7 Å². The van der Waals surface area contributed by atoms with Gasteiger partial charge in [0.15, 0.2) is 5.82 Å². The number of nitrogens with one attached hydrogen (secondary N) is 4. The topological polar surface area (TPSA) is 236 Å². The number of aromatic amines is 4. The number of thiazole rings is 1. The van der Waals surface area contributed by atoms with Gasteiger partial charge in [-0.15, -0.1) is 53.3 Å². The number of tetrazole rings is 1. The second kappa shape index (κ2) is 29.2. The van der Waals surface area contributed by atoms with Crippen LogP contribution in [0.3, 0.4) is 0 Å². The molecule has 0 saturated carbocycles. The molecule has 0 unspecified atom stereocenters. The molecule has 0 aliphatic heterocycles. The molecule has 8 heterocycles. The lowest BCUT2D eigenvalue weighted by atomic mass is 9.93. The van der Waals surface area contributed by atoms with Gasteiger partial charge in [0.05, 0.1) is 17.7 Å². The standard InChI is InChI=1S/C8H13N.2C7H12N2.C7H11NS.C6H11N3.C6H10N2O.C6H10N2S.C5H10N4.CH4/c1-8(2,3)7-5-4-6-9-7;1-7(2,3)6-4-8-5-9-6;1-7(2,3)9-5-4-8-6-9;1-7(2,3)6-8-4-5-9-6;1-6(2,3)5-7-4-8-9-5;2*1-6(2,3)5-8-7-4-9-5;1-5(2,3)4-6-8-9-7-4;/h4-6,9H,1-3H3;4-5H,1-3H3,(H,8,9);4-6H,1-3H3;4-5H,1-3H3;4H,1-3H3,(H,7,8,9);2*4H,1-3H3;1-3H3,(H,6,7,8,9);1H4. The second-order valence-corrected chi connectivity index (χ2v) is 26.6. The van der Waals surface area contributed by atoms with Crippen molar-refractivity contribution in [3.63, 3.8) is 0 Å². The van der Waals surface area contributed by atoms with Crippen LogP contribution >= 0.6 is 22.7 Å². The summed E-state index contributed by atoms with van der Waals surface area (Å²) in [6.45, 7) is 50.9. The van der Waals surface area contributed by atoms with Gasteiger partial charge < -0.3 is 19.0 Å². The van der Waals surface area contributed by atoms with Gasteiger partial charge in [0, 0.05) is 91.2 Å². The van der Waals surface area contributed by atoms with Gasteiger partial charge in [-0.05, 0) is 32.9 Å². The van der Waals surface area contributed by atoms with Gasteiger partial charge in [-0.2, -0.15) is 10.3 Å². The Hall–Kier alpha value is -5.76. The fourth-order valence-electron chi connectivity index (χ4n) is 4.76. The molecule has 0 saturated heterocycles. The summed E-state index contributed by atoms with van der Waals surface area (Å²) in [4.78, 5) is 22.4. The average molecular weight is 1050 g/mol. The molecule has 0 radical (unpaired) electrons. The van der Waals surface area contributed by atoms with Crippen molar-refractivity contribution in [2.75, 3.05) is 0 Å². The Morgan fingerprint density at radius 3 is 1.44 bits per heavy atom. The number of nitrogens with zero attached hydrogens (tertiary/aromatic N) is 13.